The van der Waals surface area contributed by atoms with Crippen molar-refractivity contribution in [3.63, 3.8) is 0 Å². The lowest BCUT2D eigenvalue weighted by Crippen LogP contribution is -1.97. The molecule has 0 aliphatic carbocycles. The van der Waals surface area contributed by atoms with E-state index < -0.39 is 5.82 Å². The Labute approximate surface area is 86.1 Å². The normalized spacial score (nSPS) is 10.3. The molecular weight excluding hydrogens is 197 g/mol. The van der Waals surface area contributed by atoms with Crippen molar-refractivity contribution < 1.29 is 9.13 Å². The molecule has 0 amide bonds. The van der Waals surface area contributed by atoms with Gasteiger partial charge in [0, 0.05) is 25.5 Å². The van der Waals surface area contributed by atoms with E-state index in [4.69, 9.17) is 10.5 Å². The van der Waals surface area contributed by atoms with E-state index >= 15 is 0 Å². The third kappa shape index (κ3) is 1.90. The van der Waals surface area contributed by atoms with Gasteiger partial charge in [-0.2, -0.15) is 0 Å². The van der Waals surface area contributed by atoms with E-state index in [1.54, 1.807) is 24.0 Å². The Bertz CT molecular complexity index is 481. The first-order valence-electron chi connectivity index (χ1n) is 4.37. The molecule has 0 spiro atoms. The number of imidazole rings is 1. The van der Waals surface area contributed by atoms with Crippen molar-refractivity contribution >= 4 is 5.69 Å². The van der Waals surface area contributed by atoms with Crippen LogP contribution in [-0.4, -0.2) is 9.55 Å². The number of aryl methyl sites for hydroxylation is 1. The first kappa shape index (κ1) is 9.51. The van der Waals surface area contributed by atoms with Gasteiger partial charge in [0.2, 0.25) is 0 Å². The van der Waals surface area contributed by atoms with Gasteiger partial charge in [0.25, 0.3) is 0 Å². The summed E-state index contributed by atoms with van der Waals surface area (Å²) in [5, 5.41) is 0. The van der Waals surface area contributed by atoms with E-state index in [9.17, 15) is 4.39 Å². The SMILES string of the molecule is Cn1ccnc1Oc1cc(F)ccc1N. The number of aromatic nitrogens is 2. The van der Waals surface area contributed by atoms with Crippen LogP contribution in [0, 0.1) is 5.82 Å². The molecule has 2 rings (SSSR count). The molecule has 2 aromatic rings. The minimum atomic E-state index is -0.395. The number of hydrogen-bond acceptors (Lipinski definition) is 3. The highest BCUT2D eigenvalue weighted by atomic mass is 19.1. The Morgan fingerprint density at radius 1 is 1.47 bits per heavy atom. The predicted octanol–water partition coefficient (Wildman–Crippen LogP) is 1.93. The summed E-state index contributed by atoms with van der Waals surface area (Å²) in [6, 6.07) is 4.32. The van der Waals surface area contributed by atoms with Crippen molar-refractivity contribution in [3.8, 4) is 11.8 Å². The monoisotopic (exact) mass is 207 g/mol. The quantitative estimate of drug-likeness (QED) is 0.765. The zero-order chi connectivity index (χ0) is 10.8. The van der Waals surface area contributed by atoms with E-state index in [0.717, 1.165) is 0 Å². The van der Waals surface area contributed by atoms with E-state index in [2.05, 4.69) is 4.98 Å². The number of nitrogens with zero attached hydrogens (tertiary/aromatic N) is 2. The molecule has 0 atom stereocenters. The van der Waals surface area contributed by atoms with Crippen molar-refractivity contribution in [2.45, 2.75) is 0 Å². The van der Waals surface area contributed by atoms with Crippen LogP contribution in [0.2, 0.25) is 0 Å². The Hall–Kier alpha value is -2.04. The molecule has 15 heavy (non-hydrogen) atoms. The summed E-state index contributed by atoms with van der Waals surface area (Å²) in [5.41, 5.74) is 6.00. The van der Waals surface area contributed by atoms with Crippen molar-refractivity contribution in [2.24, 2.45) is 7.05 Å². The molecular formula is C10H10FN3O. The number of nitrogens with two attached hydrogens (primary N) is 1. The number of halogens is 1. The molecule has 78 valence electrons. The van der Waals surface area contributed by atoms with Crippen LogP contribution < -0.4 is 10.5 Å². The molecule has 4 nitrogen and oxygen atoms in total. The van der Waals surface area contributed by atoms with Crippen LogP contribution in [0.4, 0.5) is 10.1 Å². The van der Waals surface area contributed by atoms with Gasteiger partial charge in [-0.3, -0.25) is 0 Å². The van der Waals surface area contributed by atoms with Crippen LogP contribution in [0.3, 0.4) is 0 Å². The maximum atomic E-state index is 12.9. The standard InChI is InChI=1S/C10H10FN3O/c1-14-5-4-13-10(14)15-9-6-7(11)2-3-8(9)12/h2-6H,12H2,1H3. The number of rotatable bonds is 2. The molecule has 1 heterocycles. The van der Waals surface area contributed by atoms with Gasteiger partial charge in [-0.05, 0) is 12.1 Å². The Kier molecular flexibility index (Phi) is 2.29. The smallest absolute Gasteiger partial charge is 0.301 e. The molecule has 0 fully saturated rings. The van der Waals surface area contributed by atoms with Crippen molar-refractivity contribution in [1.29, 1.82) is 0 Å². The number of anilines is 1. The van der Waals surface area contributed by atoms with Crippen LogP contribution in [0.25, 0.3) is 0 Å². The van der Waals surface area contributed by atoms with Crippen molar-refractivity contribution in [2.75, 3.05) is 5.73 Å². The minimum Gasteiger partial charge on any atom is -0.423 e. The van der Waals surface area contributed by atoms with Gasteiger partial charge in [0.05, 0.1) is 5.69 Å². The van der Waals surface area contributed by atoms with Gasteiger partial charge in [-0.1, -0.05) is 0 Å². The van der Waals surface area contributed by atoms with E-state index in [1.165, 1.54) is 18.2 Å². The van der Waals surface area contributed by atoms with Crippen LogP contribution >= 0.6 is 0 Å². The van der Waals surface area contributed by atoms with Crippen LogP contribution in [0.5, 0.6) is 11.8 Å². The fraction of sp³-hybridized carbons (Fsp3) is 0.100. The summed E-state index contributed by atoms with van der Waals surface area (Å²) in [6.07, 6.45) is 3.32. The Morgan fingerprint density at radius 2 is 2.27 bits per heavy atom. The molecule has 0 radical (unpaired) electrons. The summed E-state index contributed by atoms with van der Waals surface area (Å²) in [5.74, 6) is -0.127. The van der Waals surface area contributed by atoms with Gasteiger partial charge in [-0.25, -0.2) is 9.37 Å². The van der Waals surface area contributed by atoms with Gasteiger partial charge in [0.1, 0.15) is 5.82 Å². The number of benzene rings is 1. The fourth-order valence-electron chi connectivity index (χ4n) is 1.15. The molecule has 1 aromatic heterocycles. The zero-order valence-corrected chi connectivity index (χ0v) is 8.14. The predicted molar refractivity (Wildman–Crippen MR) is 54.1 cm³/mol. The summed E-state index contributed by atoms with van der Waals surface area (Å²) >= 11 is 0. The average Bonchev–Trinajstić information content (AvgIpc) is 2.58. The number of hydrogen-bond donors (Lipinski definition) is 1. The second-order valence-electron chi connectivity index (χ2n) is 3.10. The van der Waals surface area contributed by atoms with Crippen LogP contribution in [0.15, 0.2) is 30.6 Å². The summed E-state index contributed by atoms with van der Waals surface area (Å²) in [4.78, 5) is 3.94. The van der Waals surface area contributed by atoms with Gasteiger partial charge in [-0.15, -0.1) is 0 Å². The van der Waals surface area contributed by atoms with Crippen LogP contribution in [-0.2, 0) is 7.05 Å². The molecule has 0 bridgehead atoms. The molecule has 0 aliphatic heterocycles. The summed E-state index contributed by atoms with van der Waals surface area (Å²) in [7, 11) is 1.78. The molecule has 0 unspecified atom stereocenters. The molecule has 0 saturated carbocycles. The zero-order valence-electron chi connectivity index (χ0n) is 8.14. The van der Waals surface area contributed by atoms with Gasteiger partial charge >= 0.3 is 6.01 Å². The molecule has 0 saturated heterocycles. The largest absolute Gasteiger partial charge is 0.423 e. The third-order valence-corrected chi connectivity index (χ3v) is 1.95. The lowest BCUT2D eigenvalue weighted by Gasteiger charge is -2.07. The lowest BCUT2D eigenvalue weighted by atomic mass is 10.3. The minimum absolute atomic E-state index is 0.268. The highest BCUT2D eigenvalue weighted by Crippen LogP contribution is 2.26. The number of ether oxygens (including phenoxy) is 1. The summed E-state index contributed by atoms with van der Waals surface area (Å²) < 4.78 is 19.9. The Balaban J connectivity index is 2.32. The molecule has 5 heteroatoms. The first-order chi connectivity index (χ1) is 7.16. The van der Waals surface area contributed by atoms with Crippen molar-refractivity contribution in [3.05, 3.63) is 36.4 Å². The topological polar surface area (TPSA) is 53.1 Å². The average molecular weight is 207 g/mol. The van der Waals surface area contributed by atoms with Gasteiger partial charge in [0.15, 0.2) is 5.75 Å². The van der Waals surface area contributed by atoms with E-state index in [-0.39, 0.29) is 5.75 Å². The third-order valence-electron chi connectivity index (χ3n) is 1.95. The number of nitrogen functional groups attached to an aromatic ring is 1. The highest BCUT2D eigenvalue weighted by molar-refractivity contribution is 5.53. The molecule has 0 aliphatic rings. The summed E-state index contributed by atoms with van der Waals surface area (Å²) in [6.45, 7) is 0. The lowest BCUT2D eigenvalue weighted by molar-refractivity contribution is 0.423. The second kappa shape index (κ2) is 3.61. The molecule has 2 N–H and O–H groups in total. The second-order valence-corrected chi connectivity index (χ2v) is 3.10. The van der Waals surface area contributed by atoms with Crippen molar-refractivity contribution in [1.82, 2.24) is 9.55 Å². The molecule has 1 aromatic carbocycles. The van der Waals surface area contributed by atoms with Gasteiger partial charge < -0.3 is 15.0 Å². The maximum absolute atomic E-state index is 12.9. The maximum Gasteiger partial charge on any atom is 0.301 e. The fourth-order valence-corrected chi connectivity index (χ4v) is 1.15. The first-order valence-corrected chi connectivity index (χ1v) is 4.37. The highest BCUT2D eigenvalue weighted by Gasteiger charge is 2.06. The van der Waals surface area contributed by atoms with E-state index in [1.807, 2.05) is 0 Å². The Morgan fingerprint density at radius 3 is 2.93 bits per heavy atom. The van der Waals surface area contributed by atoms with E-state index in [0.29, 0.717) is 11.7 Å². The van der Waals surface area contributed by atoms with Crippen LogP contribution in [0.1, 0.15) is 0 Å².